The first-order valence-corrected chi connectivity index (χ1v) is 6.73. The highest BCUT2D eigenvalue weighted by molar-refractivity contribution is 5.34. The Balaban J connectivity index is 2.14. The summed E-state index contributed by atoms with van der Waals surface area (Å²) in [5.74, 6) is 1.16. The molecule has 1 unspecified atom stereocenters. The molecule has 0 radical (unpaired) electrons. The third-order valence-corrected chi connectivity index (χ3v) is 2.72. The van der Waals surface area contributed by atoms with Crippen LogP contribution in [0.4, 0.5) is 5.95 Å². The van der Waals surface area contributed by atoms with Crippen LogP contribution < -0.4 is 10.1 Å². The maximum Gasteiger partial charge on any atom is 0.226 e. The number of hydrogen-bond acceptors (Lipinski definition) is 5. The minimum atomic E-state index is 0.0809. The van der Waals surface area contributed by atoms with Crippen LogP contribution >= 0.6 is 0 Å². The summed E-state index contributed by atoms with van der Waals surface area (Å²) in [7, 11) is 0. The van der Waals surface area contributed by atoms with E-state index in [1.165, 1.54) is 0 Å². The van der Waals surface area contributed by atoms with E-state index < -0.39 is 0 Å². The van der Waals surface area contributed by atoms with Gasteiger partial charge in [0, 0.05) is 24.2 Å². The number of anilines is 1. The predicted molar refractivity (Wildman–Crippen MR) is 78.8 cm³/mol. The second-order valence-electron chi connectivity index (χ2n) is 4.99. The summed E-state index contributed by atoms with van der Waals surface area (Å²) >= 11 is 0. The fourth-order valence-electron chi connectivity index (χ4n) is 1.82. The van der Waals surface area contributed by atoms with E-state index in [0.29, 0.717) is 11.8 Å². The van der Waals surface area contributed by atoms with Crippen LogP contribution in [0.5, 0.6) is 5.88 Å². The molecule has 0 aliphatic heterocycles. The molecule has 0 spiro atoms. The zero-order chi connectivity index (χ0) is 14.5. The molecule has 2 heterocycles. The van der Waals surface area contributed by atoms with Crippen molar-refractivity contribution >= 4 is 5.95 Å². The Labute approximate surface area is 119 Å². The molecule has 5 heteroatoms. The molecule has 2 aromatic rings. The summed E-state index contributed by atoms with van der Waals surface area (Å²) in [6.07, 6.45) is 3.68. The fraction of sp³-hybridized carbons (Fsp3) is 0.400. The van der Waals surface area contributed by atoms with Crippen LogP contribution in [-0.4, -0.2) is 21.1 Å². The van der Waals surface area contributed by atoms with Crippen molar-refractivity contribution in [2.45, 2.75) is 39.8 Å². The quantitative estimate of drug-likeness (QED) is 0.906. The zero-order valence-corrected chi connectivity index (χ0v) is 12.3. The SMILES string of the molecule is Cc1cc(OC(C)C)nc(NC(C)c2cccnc2)n1. The highest BCUT2D eigenvalue weighted by Gasteiger charge is 2.09. The van der Waals surface area contributed by atoms with E-state index in [2.05, 4.69) is 20.3 Å². The lowest BCUT2D eigenvalue weighted by molar-refractivity contribution is 0.232. The first kappa shape index (κ1) is 14.2. The van der Waals surface area contributed by atoms with Crippen LogP contribution in [-0.2, 0) is 0 Å². The molecule has 1 atom stereocenters. The Morgan fingerprint density at radius 1 is 1.20 bits per heavy atom. The number of rotatable bonds is 5. The van der Waals surface area contributed by atoms with Crippen LogP contribution in [0, 0.1) is 6.92 Å². The molecule has 0 aliphatic carbocycles. The molecule has 0 fully saturated rings. The number of aryl methyl sites for hydroxylation is 1. The highest BCUT2D eigenvalue weighted by atomic mass is 16.5. The van der Waals surface area contributed by atoms with Gasteiger partial charge in [0.25, 0.3) is 0 Å². The summed E-state index contributed by atoms with van der Waals surface area (Å²) in [4.78, 5) is 12.9. The van der Waals surface area contributed by atoms with E-state index in [9.17, 15) is 0 Å². The number of pyridine rings is 1. The summed E-state index contributed by atoms with van der Waals surface area (Å²) in [5.41, 5.74) is 1.96. The summed E-state index contributed by atoms with van der Waals surface area (Å²) < 4.78 is 5.62. The molecular formula is C15H20N4O. The van der Waals surface area contributed by atoms with Gasteiger partial charge in [-0.25, -0.2) is 4.98 Å². The minimum Gasteiger partial charge on any atom is -0.475 e. The molecule has 1 N–H and O–H groups in total. The number of hydrogen-bond donors (Lipinski definition) is 1. The summed E-state index contributed by atoms with van der Waals surface area (Å²) in [6.45, 7) is 7.92. The maximum absolute atomic E-state index is 5.62. The van der Waals surface area contributed by atoms with Crippen LogP contribution in [0.25, 0.3) is 0 Å². The molecule has 0 saturated carbocycles. The van der Waals surface area contributed by atoms with E-state index in [-0.39, 0.29) is 12.1 Å². The average molecular weight is 272 g/mol. The van der Waals surface area contributed by atoms with Gasteiger partial charge in [-0.05, 0) is 39.3 Å². The van der Waals surface area contributed by atoms with Crippen LogP contribution in [0.1, 0.15) is 38.1 Å². The predicted octanol–water partition coefficient (Wildman–Crippen LogP) is 3.14. The minimum absolute atomic E-state index is 0.0809. The molecule has 2 rings (SSSR count). The molecule has 0 aromatic carbocycles. The van der Waals surface area contributed by atoms with Gasteiger partial charge in [0.15, 0.2) is 0 Å². The number of aromatic nitrogens is 3. The van der Waals surface area contributed by atoms with Crippen LogP contribution in [0.2, 0.25) is 0 Å². The Morgan fingerprint density at radius 3 is 2.65 bits per heavy atom. The Kier molecular flexibility index (Phi) is 4.50. The Hall–Kier alpha value is -2.17. The highest BCUT2D eigenvalue weighted by Crippen LogP contribution is 2.18. The Bertz CT molecular complexity index is 557. The van der Waals surface area contributed by atoms with Gasteiger partial charge in [0.05, 0.1) is 12.1 Å². The molecule has 20 heavy (non-hydrogen) atoms. The van der Waals surface area contributed by atoms with Crippen molar-refractivity contribution in [3.8, 4) is 5.88 Å². The van der Waals surface area contributed by atoms with Crippen molar-refractivity contribution in [2.24, 2.45) is 0 Å². The second kappa shape index (κ2) is 6.32. The van der Waals surface area contributed by atoms with E-state index >= 15 is 0 Å². The molecular weight excluding hydrogens is 252 g/mol. The standard InChI is InChI=1S/C15H20N4O/c1-10(2)20-14-8-11(3)17-15(19-14)18-12(4)13-6-5-7-16-9-13/h5-10,12H,1-4H3,(H,17,18,19). The van der Waals surface area contributed by atoms with Gasteiger partial charge in [0.1, 0.15) is 0 Å². The van der Waals surface area contributed by atoms with Gasteiger partial charge in [-0.15, -0.1) is 0 Å². The lowest BCUT2D eigenvalue weighted by Gasteiger charge is -2.15. The van der Waals surface area contributed by atoms with E-state index in [1.54, 1.807) is 6.20 Å². The smallest absolute Gasteiger partial charge is 0.226 e. The van der Waals surface area contributed by atoms with Crippen LogP contribution in [0.15, 0.2) is 30.6 Å². The van der Waals surface area contributed by atoms with Gasteiger partial charge in [-0.2, -0.15) is 4.98 Å². The maximum atomic E-state index is 5.62. The van der Waals surface area contributed by atoms with Gasteiger partial charge in [0.2, 0.25) is 11.8 Å². The van der Waals surface area contributed by atoms with Crippen molar-refractivity contribution < 1.29 is 4.74 Å². The van der Waals surface area contributed by atoms with Gasteiger partial charge < -0.3 is 10.1 Å². The van der Waals surface area contributed by atoms with Crippen molar-refractivity contribution in [1.29, 1.82) is 0 Å². The molecule has 0 aliphatic rings. The molecule has 5 nitrogen and oxygen atoms in total. The number of ether oxygens (including phenoxy) is 1. The van der Waals surface area contributed by atoms with E-state index in [1.807, 2.05) is 52.1 Å². The topological polar surface area (TPSA) is 59.9 Å². The van der Waals surface area contributed by atoms with Gasteiger partial charge in [-0.3, -0.25) is 4.98 Å². The van der Waals surface area contributed by atoms with Crippen molar-refractivity contribution in [2.75, 3.05) is 5.32 Å². The fourth-order valence-corrected chi connectivity index (χ4v) is 1.82. The van der Waals surface area contributed by atoms with Crippen molar-refractivity contribution in [3.05, 3.63) is 41.9 Å². The third kappa shape index (κ3) is 3.91. The normalized spacial score (nSPS) is 12.2. The monoisotopic (exact) mass is 272 g/mol. The number of nitrogens with one attached hydrogen (secondary N) is 1. The third-order valence-electron chi connectivity index (χ3n) is 2.72. The first-order valence-electron chi connectivity index (χ1n) is 6.73. The molecule has 0 bridgehead atoms. The summed E-state index contributed by atoms with van der Waals surface area (Å²) in [5, 5.41) is 3.27. The average Bonchev–Trinajstić information content (AvgIpc) is 2.38. The zero-order valence-electron chi connectivity index (χ0n) is 12.3. The second-order valence-corrected chi connectivity index (χ2v) is 4.99. The van der Waals surface area contributed by atoms with Crippen molar-refractivity contribution in [3.63, 3.8) is 0 Å². The molecule has 0 saturated heterocycles. The lowest BCUT2D eigenvalue weighted by atomic mass is 10.1. The molecule has 106 valence electrons. The van der Waals surface area contributed by atoms with Gasteiger partial charge in [-0.1, -0.05) is 6.07 Å². The van der Waals surface area contributed by atoms with Crippen LogP contribution in [0.3, 0.4) is 0 Å². The first-order chi connectivity index (χ1) is 9.54. The summed E-state index contributed by atoms with van der Waals surface area (Å²) in [6, 6.07) is 5.85. The number of nitrogens with zero attached hydrogens (tertiary/aromatic N) is 3. The van der Waals surface area contributed by atoms with Crippen molar-refractivity contribution in [1.82, 2.24) is 15.0 Å². The van der Waals surface area contributed by atoms with E-state index in [0.717, 1.165) is 11.3 Å². The molecule has 2 aromatic heterocycles. The van der Waals surface area contributed by atoms with Gasteiger partial charge >= 0.3 is 0 Å². The lowest BCUT2D eigenvalue weighted by Crippen LogP contribution is -2.12. The largest absolute Gasteiger partial charge is 0.475 e. The van der Waals surface area contributed by atoms with E-state index in [4.69, 9.17) is 4.74 Å². The molecule has 0 amide bonds. The Morgan fingerprint density at radius 2 is 2.00 bits per heavy atom.